The topological polar surface area (TPSA) is 58.6 Å². The number of benzene rings is 2. The molecule has 26 heavy (non-hydrogen) atoms. The Balaban J connectivity index is 1.84. The summed E-state index contributed by atoms with van der Waals surface area (Å²) in [4.78, 5) is 11.8. The fourth-order valence-electron chi connectivity index (χ4n) is 2.58. The number of halogens is 4. The van der Waals surface area contributed by atoms with Crippen molar-refractivity contribution >= 4 is 11.6 Å². The van der Waals surface area contributed by atoms with Gasteiger partial charge in [-0.3, -0.25) is 4.79 Å². The predicted octanol–water partition coefficient (Wildman–Crippen LogP) is 3.56. The molecule has 0 fully saturated rings. The second-order valence-electron chi connectivity index (χ2n) is 6.19. The Bertz CT molecular complexity index is 862. The molecule has 0 saturated heterocycles. The van der Waals surface area contributed by atoms with Gasteiger partial charge in [0.05, 0.1) is 0 Å². The molecule has 0 radical (unpaired) electrons. The Labute approximate surface area is 146 Å². The van der Waals surface area contributed by atoms with E-state index >= 15 is 0 Å². The van der Waals surface area contributed by atoms with Gasteiger partial charge in [-0.15, -0.1) is 0 Å². The zero-order chi connectivity index (χ0) is 19.1. The summed E-state index contributed by atoms with van der Waals surface area (Å²) in [5.74, 6) is -1.68. The first-order chi connectivity index (χ1) is 12.1. The van der Waals surface area contributed by atoms with Crippen LogP contribution in [-0.4, -0.2) is 22.8 Å². The molecule has 1 heterocycles. The van der Waals surface area contributed by atoms with Gasteiger partial charge in [0, 0.05) is 23.7 Å². The zero-order valence-electron chi connectivity index (χ0n) is 13.7. The van der Waals surface area contributed by atoms with E-state index in [9.17, 15) is 27.5 Å². The molecule has 0 saturated carbocycles. The first kappa shape index (κ1) is 18.2. The number of hydrogen-bond acceptors (Lipinski definition) is 3. The summed E-state index contributed by atoms with van der Waals surface area (Å²) in [5.41, 5.74) is -1.63. The van der Waals surface area contributed by atoms with Crippen LogP contribution in [0.5, 0.6) is 5.75 Å². The fraction of sp³-hybridized carbons (Fsp3) is 0.278. The van der Waals surface area contributed by atoms with Crippen molar-refractivity contribution < 1.29 is 32.2 Å². The number of nitrogens with one attached hydrogen (secondary N) is 1. The van der Waals surface area contributed by atoms with E-state index < -0.39 is 23.5 Å². The number of fused-ring (bicyclic) bond motifs is 2. The molecule has 138 valence electrons. The average Bonchev–Trinajstić information content (AvgIpc) is 2.73. The lowest BCUT2D eigenvalue weighted by Crippen LogP contribution is -2.52. The van der Waals surface area contributed by atoms with Crippen LogP contribution in [0.25, 0.3) is 0 Å². The minimum atomic E-state index is -5.11. The van der Waals surface area contributed by atoms with E-state index in [0.717, 1.165) is 5.56 Å². The van der Waals surface area contributed by atoms with Crippen molar-refractivity contribution in [2.75, 3.05) is 5.32 Å². The highest BCUT2D eigenvalue weighted by molar-refractivity contribution is 5.97. The van der Waals surface area contributed by atoms with Gasteiger partial charge in [-0.05, 0) is 30.2 Å². The predicted molar refractivity (Wildman–Crippen MR) is 85.3 cm³/mol. The van der Waals surface area contributed by atoms with Gasteiger partial charge in [-0.2, -0.15) is 13.2 Å². The number of amides is 1. The Morgan fingerprint density at radius 3 is 2.62 bits per heavy atom. The molecule has 1 unspecified atom stereocenters. The first-order valence-electron chi connectivity index (χ1n) is 7.72. The summed E-state index contributed by atoms with van der Waals surface area (Å²) in [5, 5.41) is 11.4. The van der Waals surface area contributed by atoms with Gasteiger partial charge in [0.15, 0.2) is 0 Å². The van der Waals surface area contributed by atoms with E-state index in [1.54, 1.807) is 18.2 Å². The van der Waals surface area contributed by atoms with Crippen molar-refractivity contribution in [1.29, 1.82) is 0 Å². The van der Waals surface area contributed by atoms with E-state index in [0.29, 0.717) is 30.2 Å². The van der Waals surface area contributed by atoms with Crippen LogP contribution < -0.4 is 10.1 Å². The third-order valence-electron chi connectivity index (χ3n) is 4.29. The molecule has 1 aliphatic heterocycles. The molecule has 1 atom stereocenters. The lowest BCUT2D eigenvalue weighted by Gasteiger charge is -2.25. The van der Waals surface area contributed by atoms with Gasteiger partial charge in [-0.25, -0.2) is 4.39 Å². The standard InChI is InChI=1S/C18H15F4NO3/c1-17(25,18(20,21)22)16(24)23-12-6-5-11-7-10-3-2-4-14(19)13(10)9-26-15(11)8-12/h2-6,8,25H,7,9H2,1H3,(H,23,24). The summed E-state index contributed by atoms with van der Waals surface area (Å²) in [6.45, 7) is 0.342. The van der Waals surface area contributed by atoms with Gasteiger partial charge in [0.1, 0.15) is 18.2 Å². The Hall–Kier alpha value is -2.61. The SMILES string of the molecule is CC(O)(C(=O)Nc1ccc2c(c1)OCc1c(F)cccc1C2)C(F)(F)F. The number of rotatable bonds is 2. The Morgan fingerprint density at radius 2 is 1.92 bits per heavy atom. The van der Waals surface area contributed by atoms with Crippen LogP contribution in [0.3, 0.4) is 0 Å². The fourth-order valence-corrected chi connectivity index (χ4v) is 2.58. The van der Waals surface area contributed by atoms with E-state index in [4.69, 9.17) is 4.74 Å². The van der Waals surface area contributed by atoms with Crippen molar-refractivity contribution in [3.8, 4) is 5.75 Å². The van der Waals surface area contributed by atoms with Crippen molar-refractivity contribution in [2.45, 2.75) is 31.7 Å². The van der Waals surface area contributed by atoms with Gasteiger partial charge < -0.3 is 15.2 Å². The molecule has 1 amide bonds. The number of anilines is 1. The minimum Gasteiger partial charge on any atom is -0.488 e. The van der Waals surface area contributed by atoms with Crippen LogP contribution in [0.1, 0.15) is 23.6 Å². The molecule has 3 rings (SSSR count). The molecule has 0 bridgehead atoms. The number of aliphatic hydroxyl groups is 1. The maximum absolute atomic E-state index is 13.9. The van der Waals surface area contributed by atoms with E-state index in [2.05, 4.69) is 0 Å². The van der Waals surface area contributed by atoms with E-state index in [-0.39, 0.29) is 12.3 Å². The summed E-state index contributed by atoms with van der Waals surface area (Å²) >= 11 is 0. The third-order valence-corrected chi connectivity index (χ3v) is 4.29. The monoisotopic (exact) mass is 369 g/mol. The molecular weight excluding hydrogens is 354 g/mol. The molecule has 4 nitrogen and oxygen atoms in total. The molecule has 0 aromatic heterocycles. The maximum Gasteiger partial charge on any atom is 0.426 e. The summed E-state index contributed by atoms with van der Waals surface area (Å²) in [6, 6.07) is 9.01. The van der Waals surface area contributed by atoms with Crippen molar-refractivity contribution in [2.24, 2.45) is 0 Å². The third kappa shape index (κ3) is 3.24. The highest BCUT2D eigenvalue weighted by Crippen LogP contribution is 2.34. The van der Waals surface area contributed by atoms with Crippen LogP contribution in [-0.2, 0) is 17.8 Å². The zero-order valence-corrected chi connectivity index (χ0v) is 13.7. The highest BCUT2D eigenvalue weighted by Gasteiger charge is 2.55. The van der Waals surface area contributed by atoms with E-state index in [1.807, 2.05) is 5.32 Å². The normalized spacial score (nSPS) is 15.8. The first-order valence-corrected chi connectivity index (χ1v) is 7.72. The van der Waals surface area contributed by atoms with Gasteiger partial charge in [0.25, 0.3) is 5.91 Å². The van der Waals surface area contributed by atoms with Crippen molar-refractivity contribution in [3.63, 3.8) is 0 Å². The molecule has 0 spiro atoms. The second kappa shape index (κ2) is 6.28. The maximum atomic E-state index is 13.9. The molecule has 1 aliphatic rings. The van der Waals surface area contributed by atoms with Crippen LogP contribution in [0.2, 0.25) is 0 Å². The van der Waals surface area contributed by atoms with Crippen LogP contribution in [0.15, 0.2) is 36.4 Å². The molecule has 2 aromatic carbocycles. The van der Waals surface area contributed by atoms with Gasteiger partial charge >= 0.3 is 6.18 Å². The number of hydrogen-bond donors (Lipinski definition) is 2. The summed E-state index contributed by atoms with van der Waals surface area (Å²) in [6.07, 6.45) is -4.73. The van der Waals surface area contributed by atoms with Crippen molar-refractivity contribution in [3.05, 3.63) is 58.9 Å². The number of carbonyl (C=O) groups is 1. The Kier molecular flexibility index (Phi) is 4.39. The number of carbonyl (C=O) groups excluding carboxylic acids is 1. The van der Waals surface area contributed by atoms with Crippen LogP contribution in [0.4, 0.5) is 23.2 Å². The van der Waals surface area contributed by atoms with Gasteiger partial charge in [0.2, 0.25) is 5.60 Å². The quantitative estimate of drug-likeness (QED) is 0.796. The number of alkyl halides is 3. The minimum absolute atomic E-state index is 0.0321. The van der Waals surface area contributed by atoms with E-state index in [1.165, 1.54) is 18.2 Å². The lowest BCUT2D eigenvalue weighted by molar-refractivity contribution is -0.242. The molecule has 2 N–H and O–H groups in total. The summed E-state index contributed by atoms with van der Waals surface area (Å²) < 4.78 is 57.6. The van der Waals surface area contributed by atoms with Gasteiger partial charge in [-0.1, -0.05) is 18.2 Å². The summed E-state index contributed by atoms with van der Waals surface area (Å²) in [7, 11) is 0. The number of ether oxygens (including phenoxy) is 1. The molecule has 0 aliphatic carbocycles. The Morgan fingerprint density at radius 1 is 1.19 bits per heavy atom. The molecule has 2 aromatic rings. The highest BCUT2D eigenvalue weighted by atomic mass is 19.4. The van der Waals surface area contributed by atoms with Crippen molar-refractivity contribution in [1.82, 2.24) is 0 Å². The van der Waals surface area contributed by atoms with Crippen LogP contribution in [0, 0.1) is 5.82 Å². The smallest absolute Gasteiger partial charge is 0.426 e. The lowest BCUT2D eigenvalue weighted by atomic mass is 10.00. The van der Waals surface area contributed by atoms with Crippen LogP contribution >= 0.6 is 0 Å². The second-order valence-corrected chi connectivity index (χ2v) is 6.19. The average molecular weight is 369 g/mol. The molecular formula is C18H15F4NO3. The largest absolute Gasteiger partial charge is 0.488 e. The molecule has 8 heteroatoms.